The Balaban J connectivity index is 1.76. The number of rotatable bonds is 5. The van der Waals surface area contributed by atoms with Crippen molar-refractivity contribution in [3.8, 4) is 11.5 Å². The molecule has 6 nitrogen and oxygen atoms in total. The second kappa shape index (κ2) is 8.35. The molecule has 2 aromatic carbocycles. The van der Waals surface area contributed by atoms with Gasteiger partial charge < -0.3 is 19.7 Å². The van der Waals surface area contributed by atoms with Gasteiger partial charge in [-0.3, -0.25) is 9.59 Å². The third-order valence-electron chi connectivity index (χ3n) is 4.43. The molecule has 142 valence electrons. The van der Waals surface area contributed by atoms with E-state index in [0.717, 1.165) is 11.3 Å². The lowest BCUT2D eigenvalue weighted by Gasteiger charge is -2.28. The van der Waals surface area contributed by atoms with Crippen molar-refractivity contribution in [3.05, 3.63) is 54.1 Å². The smallest absolute Gasteiger partial charge is 0.248 e. The largest absolute Gasteiger partial charge is 0.497 e. The van der Waals surface area contributed by atoms with Crippen LogP contribution in [0.5, 0.6) is 11.5 Å². The zero-order valence-corrected chi connectivity index (χ0v) is 16.3. The van der Waals surface area contributed by atoms with Gasteiger partial charge >= 0.3 is 0 Å². The Bertz CT molecular complexity index is 808. The van der Waals surface area contributed by atoms with E-state index in [9.17, 15) is 9.59 Å². The average Bonchev–Trinajstić information content (AvgIpc) is 3.14. The van der Waals surface area contributed by atoms with Gasteiger partial charge in [-0.25, -0.2) is 0 Å². The molecule has 0 bridgehead atoms. The van der Waals surface area contributed by atoms with Crippen LogP contribution in [0.3, 0.4) is 0 Å². The van der Waals surface area contributed by atoms with E-state index in [0.29, 0.717) is 17.2 Å². The monoisotopic (exact) mass is 386 g/mol. The van der Waals surface area contributed by atoms with Crippen LogP contribution in [0.4, 0.5) is 5.69 Å². The van der Waals surface area contributed by atoms with E-state index in [2.05, 4.69) is 5.32 Å². The summed E-state index contributed by atoms with van der Waals surface area (Å²) in [5.41, 5.74) is 1.64. The molecular formula is C20H22N2O4S. The lowest BCUT2D eigenvalue weighted by Crippen LogP contribution is -2.44. The molecule has 0 unspecified atom stereocenters. The molecule has 1 saturated heterocycles. The van der Waals surface area contributed by atoms with Crippen molar-refractivity contribution >= 4 is 29.3 Å². The molecule has 0 radical (unpaired) electrons. The lowest BCUT2D eigenvalue weighted by molar-refractivity contribution is -0.136. The molecule has 7 heteroatoms. The molecule has 2 atom stereocenters. The van der Waals surface area contributed by atoms with Gasteiger partial charge in [-0.2, -0.15) is 0 Å². The Morgan fingerprint density at radius 2 is 1.56 bits per heavy atom. The fourth-order valence-corrected chi connectivity index (χ4v) is 4.50. The van der Waals surface area contributed by atoms with Gasteiger partial charge in [-0.05, 0) is 42.0 Å². The van der Waals surface area contributed by atoms with Crippen LogP contribution < -0.4 is 14.8 Å². The molecule has 1 aliphatic rings. The highest BCUT2D eigenvalue weighted by Crippen LogP contribution is 2.42. The Morgan fingerprint density at radius 1 is 1.00 bits per heavy atom. The summed E-state index contributed by atoms with van der Waals surface area (Å²) in [6, 6.07) is 14.2. The molecule has 0 spiro atoms. The summed E-state index contributed by atoms with van der Waals surface area (Å²) in [5.74, 6) is 1.69. The van der Waals surface area contributed by atoms with Crippen LogP contribution in [0.1, 0.15) is 17.9 Å². The van der Waals surface area contributed by atoms with Crippen LogP contribution in [-0.4, -0.2) is 42.7 Å². The van der Waals surface area contributed by atoms with E-state index in [1.54, 1.807) is 55.1 Å². The molecule has 1 aliphatic heterocycles. The normalized spacial score (nSPS) is 18.9. The second-order valence-corrected chi connectivity index (χ2v) is 7.23. The molecule has 1 heterocycles. The fraction of sp³-hybridized carbons (Fsp3) is 0.300. The standard InChI is InChI=1S/C20H22N2O4S/c1-13(23)22-18(19(24)21-15-6-10-17(26-3)11-7-15)12-27-20(22)14-4-8-16(25-2)9-5-14/h4-11,18,20H,12H2,1-3H3,(H,21,24)/t18-,20-/m1/s1. The number of anilines is 1. The van der Waals surface area contributed by atoms with Gasteiger partial charge in [0.2, 0.25) is 11.8 Å². The second-order valence-electron chi connectivity index (χ2n) is 6.12. The van der Waals surface area contributed by atoms with Gasteiger partial charge in [0.15, 0.2) is 0 Å². The van der Waals surface area contributed by atoms with Gasteiger partial charge in [0.1, 0.15) is 22.9 Å². The molecule has 1 fully saturated rings. The number of methoxy groups -OCH3 is 2. The predicted octanol–water partition coefficient (Wildman–Crippen LogP) is 3.31. The molecule has 3 rings (SSSR count). The molecule has 0 aromatic heterocycles. The summed E-state index contributed by atoms with van der Waals surface area (Å²) in [7, 11) is 3.20. The number of hydrogen-bond donors (Lipinski definition) is 1. The topological polar surface area (TPSA) is 67.9 Å². The van der Waals surface area contributed by atoms with Crippen LogP contribution in [0.15, 0.2) is 48.5 Å². The van der Waals surface area contributed by atoms with E-state index in [1.165, 1.54) is 6.92 Å². The highest BCUT2D eigenvalue weighted by molar-refractivity contribution is 7.99. The van der Waals surface area contributed by atoms with Crippen molar-refractivity contribution in [1.82, 2.24) is 4.90 Å². The van der Waals surface area contributed by atoms with Crippen molar-refractivity contribution in [2.45, 2.75) is 18.3 Å². The van der Waals surface area contributed by atoms with Crippen molar-refractivity contribution in [2.75, 3.05) is 25.3 Å². The van der Waals surface area contributed by atoms with E-state index in [4.69, 9.17) is 9.47 Å². The molecular weight excluding hydrogens is 364 g/mol. The van der Waals surface area contributed by atoms with Crippen LogP contribution in [0.25, 0.3) is 0 Å². The first-order valence-corrected chi connectivity index (χ1v) is 9.57. The number of benzene rings is 2. The first kappa shape index (κ1) is 19.1. The first-order chi connectivity index (χ1) is 13.0. The van der Waals surface area contributed by atoms with Gasteiger partial charge in [-0.1, -0.05) is 12.1 Å². The first-order valence-electron chi connectivity index (χ1n) is 8.53. The van der Waals surface area contributed by atoms with E-state index in [1.807, 2.05) is 24.3 Å². The number of thioether (sulfide) groups is 1. The molecule has 2 aromatic rings. The number of ether oxygens (including phenoxy) is 2. The minimum absolute atomic E-state index is 0.129. The molecule has 27 heavy (non-hydrogen) atoms. The highest BCUT2D eigenvalue weighted by atomic mass is 32.2. The van der Waals surface area contributed by atoms with Crippen molar-refractivity contribution < 1.29 is 19.1 Å². The van der Waals surface area contributed by atoms with Crippen LogP contribution in [0, 0.1) is 0 Å². The number of amides is 2. The summed E-state index contributed by atoms with van der Waals surface area (Å²) < 4.78 is 10.3. The number of carbonyl (C=O) groups excluding carboxylic acids is 2. The summed E-state index contributed by atoms with van der Waals surface area (Å²) in [4.78, 5) is 26.7. The van der Waals surface area contributed by atoms with E-state index in [-0.39, 0.29) is 17.2 Å². The van der Waals surface area contributed by atoms with Gasteiger partial charge in [0.05, 0.1) is 14.2 Å². The van der Waals surface area contributed by atoms with E-state index >= 15 is 0 Å². The molecule has 1 N–H and O–H groups in total. The maximum absolute atomic E-state index is 12.8. The van der Waals surface area contributed by atoms with Gasteiger partial charge in [-0.15, -0.1) is 11.8 Å². The third-order valence-corrected chi connectivity index (χ3v) is 5.75. The molecule has 0 aliphatic carbocycles. The average molecular weight is 386 g/mol. The Hall–Kier alpha value is -2.67. The highest BCUT2D eigenvalue weighted by Gasteiger charge is 2.40. The lowest BCUT2D eigenvalue weighted by atomic mass is 10.1. The summed E-state index contributed by atoms with van der Waals surface area (Å²) >= 11 is 1.58. The van der Waals surface area contributed by atoms with Crippen LogP contribution >= 0.6 is 11.8 Å². The summed E-state index contributed by atoms with van der Waals surface area (Å²) in [5, 5.41) is 2.69. The number of hydrogen-bond acceptors (Lipinski definition) is 5. The van der Waals surface area contributed by atoms with Crippen molar-refractivity contribution in [3.63, 3.8) is 0 Å². The van der Waals surface area contributed by atoms with Gasteiger partial charge in [0, 0.05) is 18.4 Å². The zero-order valence-electron chi connectivity index (χ0n) is 15.5. The van der Waals surface area contributed by atoms with Crippen molar-refractivity contribution in [1.29, 1.82) is 0 Å². The zero-order chi connectivity index (χ0) is 19.4. The van der Waals surface area contributed by atoms with Crippen LogP contribution in [0.2, 0.25) is 0 Å². The molecule has 2 amide bonds. The van der Waals surface area contributed by atoms with Gasteiger partial charge in [0.25, 0.3) is 0 Å². The number of nitrogens with one attached hydrogen (secondary N) is 1. The molecule has 0 saturated carbocycles. The third kappa shape index (κ3) is 4.19. The Labute approximate surface area is 162 Å². The van der Waals surface area contributed by atoms with Crippen LogP contribution in [-0.2, 0) is 9.59 Å². The minimum atomic E-state index is -0.526. The fourth-order valence-electron chi connectivity index (χ4n) is 3.02. The quantitative estimate of drug-likeness (QED) is 0.854. The Morgan fingerprint density at radius 3 is 2.07 bits per heavy atom. The SMILES string of the molecule is COc1ccc(NC(=O)[C@H]2CS[C@H](c3ccc(OC)cc3)N2C(C)=O)cc1. The minimum Gasteiger partial charge on any atom is -0.497 e. The summed E-state index contributed by atoms with van der Waals surface area (Å²) in [6.45, 7) is 1.50. The maximum atomic E-state index is 12.8. The number of carbonyl (C=O) groups is 2. The Kier molecular flexibility index (Phi) is 5.91. The predicted molar refractivity (Wildman–Crippen MR) is 106 cm³/mol. The van der Waals surface area contributed by atoms with Crippen molar-refractivity contribution in [2.24, 2.45) is 0 Å². The summed E-state index contributed by atoms with van der Waals surface area (Å²) in [6.07, 6.45) is 0. The number of nitrogens with zero attached hydrogens (tertiary/aromatic N) is 1. The van der Waals surface area contributed by atoms with E-state index < -0.39 is 6.04 Å². The maximum Gasteiger partial charge on any atom is 0.248 e.